The third kappa shape index (κ3) is 5.03. The highest BCUT2D eigenvalue weighted by Crippen LogP contribution is 2.31. The second-order valence-electron chi connectivity index (χ2n) is 8.31. The van der Waals surface area contributed by atoms with Crippen molar-refractivity contribution < 1.29 is 22.7 Å². The van der Waals surface area contributed by atoms with E-state index in [1.807, 2.05) is 49.4 Å². The van der Waals surface area contributed by atoms with Gasteiger partial charge in [-0.1, -0.05) is 49.7 Å². The van der Waals surface area contributed by atoms with Crippen LogP contribution in [0.15, 0.2) is 65.6 Å². The van der Waals surface area contributed by atoms with Crippen molar-refractivity contribution in [2.45, 2.75) is 43.6 Å². The lowest BCUT2D eigenvalue weighted by molar-refractivity contribution is -0.122. The number of carbonyl (C=O) groups is 1. The van der Waals surface area contributed by atoms with Crippen molar-refractivity contribution in [3.63, 3.8) is 0 Å². The van der Waals surface area contributed by atoms with E-state index < -0.39 is 16.1 Å². The summed E-state index contributed by atoms with van der Waals surface area (Å²) >= 11 is 0. The van der Waals surface area contributed by atoms with Gasteiger partial charge in [-0.05, 0) is 48.9 Å². The average molecular weight is 483 g/mol. The molecule has 1 N–H and O–H groups in total. The van der Waals surface area contributed by atoms with Crippen LogP contribution in [0.2, 0.25) is 0 Å². The fraction of sp³-hybridized carbons (Fsp3) is 0.346. The van der Waals surface area contributed by atoms with Gasteiger partial charge in [0.15, 0.2) is 6.10 Å². The first-order chi connectivity index (χ1) is 16.4. The van der Waals surface area contributed by atoms with E-state index in [0.29, 0.717) is 36.7 Å². The molecule has 0 aliphatic carbocycles. The molecule has 1 fully saturated rings. The van der Waals surface area contributed by atoms with E-state index in [2.05, 4.69) is 5.32 Å². The molecule has 3 aromatic rings. The maximum absolute atomic E-state index is 13.2. The molecule has 8 heteroatoms. The summed E-state index contributed by atoms with van der Waals surface area (Å²) in [6.07, 6.45) is 2.40. The fourth-order valence-electron chi connectivity index (χ4n) is 4.19. The predicted molar refractivity (Wildman–Crippen MR) is 133 cm³/mol. The molecule has 180 valence electrons. The number of methoxy groups -OCH3 is 1. The molecule has 1 atom stereocenters. The summed E-state index contributed by atoms with van der Waals surface area (Å²) in [5, 5.41) is 4.77. The molecule has 0 bridgehead atoms. The third-order valence-corrected chi connectivity index (χ3v) is 7.96. The molecule has 1 aliphatic heterocycles. The molecule has 1 saturated heterocycles. The van der Waals surface area contributed by atoms with E-state index in [1.54, 1.807) is 6.07 Å². The van der Waals surface area contributed by atoms with Crippen molar-refractivity contribution in [1.29, 1.82) is 0 Å². The summed E-state index contributed by atoms with van der Waals surface area (Å²) in [4.78, 5) is 13.3. The van der Waals surface area contributed by atoms with Gasteiger partial charge in [-0.2, -0.15) is 4.31 Å². The lowest BCUT2D eigenvalue weighted by Crippen LogP contribution is -2.35. The average Bonchev–Trinajstić information content (AvgIpc) is 2.87. The minimum Gasteiger partial charge on any atom is -0.495 e. The first-order valence-corrected chi connectivity index (χ1v) is 13.0. The van der Waals surface area contributed by atoms with Crippen molar-refractivity contribution in [2.75, 3.05) is 25.5 Å². The number of piperidine rings is 1. The third-order valence-electron chi connectivity index (χ3n) is 6.06. The Hall–Kier alpha value is -3.10. The molecular formula is C26H30N2O5S. The highest BCUT2D eigenvalue weighted by molar-refractivity contribution is 7.89. The van der Waals surface area contributed by atoms with Gasteiger partial charge in [0.05, 0.1) is 17.7 Å². The summed E-state index contributed by atoms with van der Waals surface area (Å²) in [7, 11) is -2.17. The quantitative estimate of drug-likeness (QED) is 0.498. The molecule has 0 unspecified atom stereocenters. The number of hydrogen-bond donors (Lipinski definition) is 1. The van der Waals surface area contributed by atoms with Crippen molar-refractivity contribution in [2.24, 2.45) is 0 Å². The highest BCUT2D eigenvalue weighted by Gasteiger charge is 2.28. The van der Waals surface area contributed by atoms with Gasteiger partial charge >= 0.3 is 0 Å². The first-order valence-electron chi connectivity index (χ1n) is 11.6. The Morgan fingerprint density at radius 1 is 1.00 bits per heavy atom. The Bertz CT molecular complexity index is 1260. The molecular weight excluding hydrogens is 452 g/mol. The number of anilines is 1. The number of nitrogens with zero attached hydrogens (tertiary/aromatic N) is 1. The molecule has 0 saturated carbocycles. The largest absolute Gasteiger partial charge is 0.495 e. The second-order valence-corrected chi connectivity index (χ2v) is 10.2. The van der Waals surface area contributed by atoms with Gasteiger partial charge in [-0.25, -0.2) is 8.42 Å². The molecule has 1 aliphatic rings. The van der Waals surface area contributed by atoms with Gasteiger partial charge in [-0.15, -0.1) is 0 Å². The molecule has 1 heterocycles. The number of benzene rings is 3. The number of nitrogens with one attached hydrogen (secondary N) is 1. The van der Waals surface area contributed by atoms with Gasteiger partial charge in [0.1, 0.15) is 11.5 Å². The zero-order valence-electron chi connectivity index (χ0n) is 19.5. The number of sulfonamides is 1. The Labute approximate surface area is 200 Å². The molecule has 1 amide bonds. The Balaban J connectivity index is 1.57. The molecule has 3 aromatic carbocycles. The van der Waals surface area contributed by atoms with Gasteiger partial charge in [-0.3, -0.25) is 4.79 Å². The van der Waals surface area contributed by atoms with Gasteiger partial charge < -0.3 is 14.8 Å². The SMILES string of the molecule is CC[C@H](Oc1cccc2ccccc12)C(=O)Nc1cc(S(=O)(=O)N2CCCCC2)ccc1OC. The van der Waals surface area contributed by atoms with E-state index in [4.69, 9.17) is 9.47 Å². The summed E-state index contributed by atoms with van der Waals surface area (Å²) in [5.74, 6) is 0.626. The summed E-state index contributed by atoms with van der Waals surface area (Å²) in [5.41, 5.74) is 0.297. The van der Waals surface area contributed by atoms with Crippen molar-refractivity contribution in [3.05, 3.63) is 60.7 Å². The summed E-state index contributed by atoms with van der Waals surface area (Å²) in [6, 6.07) is 18.1. The number of rotatable bonds is 8. The maximum atomic E-state index is 13.2. The van der Waals surface area contributed by atoms with Crippen LogP contribution in [0.25, 0.3) is 10.8 Å². The molecule has 4 rings (SSSR count). The number of carbonyl (C=O) groups excluding carboxylic acids is 1. The molecule has 0 aromatic heterocycles. The second kappa shape index (κ2) is 10.4. The topological polar surface area (TPSA) is 84.9 Å². The van der Waals surface area contributed by atoms with Crippen LogP contribution in [-0.4, -0.2) is 44.9 Å². The predicted octanol–water partition coefficient (Wildman–Crippen LogP) is 4.82. The van der Waals surface area contributed by atoms with Crippen LogP contribution in [0, 0.1) is 0 Å². The van der Waals surface area contributed by atoms with Crippen LogP contribution in [-0.2, 0) is 14.8 Å². The van der Waals surface area contributed by atoms with Crippen molar-refractivity contribution >= 4 is 32.4 Å². The van der Waals surface area contributed by atoms with Gasteiger partial charge in [0.25, 0.3) is 5.91 Å². The molecule has 7 nitrogen and oxygen atoms in total. The maximum Gasteiger partial charge on any atom is 0.265 e. The Morgan fingerprint density at radius 3 is 2.47 bits per heavy atom. The highest BCUT2D eigenvalue weighted by atomic mass is 32.2. The van der Waals surface area contributed by atoms with Gasteiger partial charge in [0.2, 0.25) is 10.0 Å². The normalized spacial score (nSPS) is 15.6. The summed E-state index contributed by atoms with van der Waals surface area (Å²) in [6.45, 7) is 2.88. The lowest BCUT2D eigenvalue weighted by Gasteiger charge is -2.26. The van der Waals surface area contributed by atoms with Crippen LogP contribution in [0.1, 0.15) is 32.6 Å². The minimum absolute atomic E-state index is 0.133. The number of ether oxygens (including phenoxy) is 2. The van der Waals surface area contributed by atoms with Crippen LogP contribution in [0.3, 0.4) is 0 Å². The monoisotopic (exact) mass is 482 g/mol. The zero-order chi connectivity index (χ0) is 24.1. The van der Waals surface area contributed by atoms with Crippen molar-refractivity contribution in [3.8, 4) is 11.5 Å². The van der Waals surface area contributed by atoms with Gasteiger partial charge in [0, 0.05) is 18.5 Å². The molecule has 0 spiro atoms. The Morgan fingerprint density at radius 2 is 1.74 bits per heavy atom. The van der Waals surface area contributed by atoms with E-state index in [9.17, 15) is 13.2 Å². The fourth-order valence-corrected chi connectivity index (χ4v) is 5.73. The van der Waals surface area contributed by atoms with Crippen LogP contribution in [0.4, 0.5) is 5.69 Å². The van der Waals surface area contributed by atoms with Crippen molar-refractivity contribution in [1.82, 2.24) is 4.31 Å². The van der Waals surface area contributed by atoms with E-state index in [-0.39, 0.29) is 10.8 Å². The molecule has 0 radical (unpaired) electrons. The van der Waals surface area contributed by atoms with E-state index in [0.717, 1.165) is 30.0 Å². The van der Waals surface area contributed by atoms with Crippen LogP contribution >= 0.6 is 0 Å². The van der Waals surface area contributed by atoms with Crippen LogP contribution < -0.4 is 14.8 Å². The molecule has 34 heavy (non-hydrogen) atoms. The van der Waals surface area contributed by atoms with E-state index in [1.165, 1.54) is 23.5 Å². The number of hydrogen-bond acceptors (Lipinski definition) is 5. The smallest absolute Gasteiger partial charge is 0.265 e. The standard InChI is InChI=1S/C26H30N2O5S/c1-3-23(33-24-13-9-11-19-10-5-6-12-21(19)24)26(29)27-22-18-20(14-15-25(22)32-2)34(30,31)28-16-7-4-8-17-28/h5-6,9-15,18,23H,3-4,7-8,16-17H2,1-2H3,(H,27,29)/t23-/m0/s1. The summed E-state index contributed by atoms with van der Waals surface area (Å²) < 4.78 is 39.2. The Kier molecular flexibility index (Phi) is 7.38. The first kappa shape index (κ1) is 24.0. The van der Waals surface area contributed by atoms with E-state index >= 15 is 0 Å². The minimum atomic E-state index is -3.65. The lowest BCUT2D eigenvalue weighted by atomic mass is 10.1. The number of fused-ring (bicyclic) bond motifs is 1. The van der Waals surface area contributed by atoms with Crippen LogP contribution in [0.5, 0.6) is 11.5 Å². The number of amides is 1. The zero-order valence-corrected chi connectivity index (χ0v) is 20.3.